The molecule has 4 atom stereocenters. The van der Waals surface area contributed by atoms with Crippen molar-refractivity contribution in [2.24, 2.45) is 11.8 Å². The van der Waals surface area contributed by atoms with E-state index in [1.54, 1.807) is 0 Å². The van der Waals surface area contributed by atoms with E-state index in [4.69, 9.17) is 23.7 Å². The summed E-state index contributed by atoms with van der Waals surface area (Å²) < 4.78 is 30.6. The van der Waals surface area contributed by atoms with Crippen LogP contribution in [0.25, 0.3) is 0 Å². The lowest BCUT2D eigenvalue weighted by molar-refractivity contribution is -0.272. The molecule has 39 heavy (non-hydrogen) atoms. The van der Waals surface area contributed by atoms with Crippen molar-refractivity contribution in [2.45, 2.75) is 97.6 Å². The Bertz CT molecular complexity index is 973. The zero-order valence-corrected chi connectivity index (χ0v) is 23.8. The predicted molar refractivity (Wildman–Crippen MR) is 149 cm³/mol. The van der Waals surface area contributed by atoms with Gasteiger partial charge in [-0.2, -0.15) is 0 Å². The Morgan fingerprint density at radius 3 is 1.82 bits per heavy atom. The maximum atomic E-state index is 12.8. The molecule has 0 radical (unpaired) electrons. The van der Waals surface area contributed by atoms with Gasteiger partial charge in [0.05, 0.1) is 31.2 Å². The van der Waals surface area contributed by atoms with Gasteiger partial charge in [-0.05, 0) is 36.8 Å². The SMILES string of the molecule is CCC(CC)C(=O)OC[C@H]1O[C@@H](OC(=O)C(CC)CC)C[C@@H](OCc2ccccc2)[C@@H]1OCc1ccccc1. The van der Waals surface area contributed by atoms with Gasteiger partial charge >= 0.3 is 11.9 Å². The topological polar surface area (TPSA) is 80.3 Å². The van der Waals surface area contributed by atoms with E-state index < -0.39 is 24.6 Å². The van der Waals surface area contributed by atoms with Crippen molar-refractivity contribution in [3.63, 3.8) is 0 Å². The fraction of sp³-hybridized carbons (Fsp3) is 0.562. The van der Waals surface area contributed by atoms with Crippen LogP contribution in [0.4, 0.5) is 0 Å². The molecule has 1 aliphatic rings. The highest BCUT2D eigenvalue weighted by molar-refractivity contribution is 5.72. The summed E-state index contributed by atoms with van der Waals surface area (Å²) in [5.74, 6) is -0.923. The Balaban J connectivity index is 1.81. The quantitative estimate of drug-likeness (QED) is 0.248. The van der Waals surface area contributed by atoms with E-state index in [1.165, 1.54) is 0 Å². The first-order valence-electron chi connectivity index (χ1n) is 14.3. The minimum atomic E-state index is -0.827. The molecule has 7 heteroatoms. The number of hydrogen-bond donors (Lipinski definition) is 0. The summed E-state index contributed by atoms with van der Waals surface area (Å²) in [6.07, 6.45) is 0.624. The molecular formula is C32H44O7. The van der Waals surface area contributed by atoms with Crippen LogP contribution in [-0.2, 0) is 46.5 Å². The molecular weight excluding hydrogens is 496 g/mol. The van der Waals surface area contributed by atoms with Crippen molar-refractivity contribution in [1.82, 2.24) is 0 Å². The highest BCUT2D eigenvalue weighted by Gasteiger charge is 2.43. The fourth-order valence-corrected chi connectivity index (χ4v) is 4.77. The monoisotopic (exact) mass is 540 g/mol. The van der Waals surface area contributed by atoms with E-state index in [0.717, 1.165) is 11.1 Å². The molecule has 0 bridgehead atoms. The lowest BCUT2D eigenvalue weighted by atomic mass is 10.00. The minimum Gasteiger partial charge on any atom is -0.463 e. The molecule has 214 valence electrons. The van der Waals surface area contributed by atoms with E-state index in [1.807, 2.05) is 88.4 Å². The first-order valence-corrected chi connectivity index (χ1v) is 14.3. The first-order chi connectivity index (χ1) is 19.0. The van der Waals surface area contributed by atoms with Gasteiger partial charge in [-0.25, -0.2) is 0 Å². The van der Waals surface area contributed by atoms with Crippen LogP contribution in [0.2, 0.25) is 0 Å². The van der Waals surface area contributed by atoms with Crippen molar-refractivity contribution in [2.75, 3.05) is 6.61 Å². The third-order valence-electron chi connectivity index (χ3n) is 7.35. The second-order valence-electron chi connectivity index (χ2n) is 10.0. The Morgan fingerprint density at radius 2 is 1.28 bits per heavy atom. The van der Waals surface area contributed by atoms with Crippen molar-refractivity contribution in [3.8, 4) is 0 Å². The van der Waals surface area contributed by atoms with E-state index >= 15 is 0 Å². The molecule has 1 aliphatic heterocycles. The molecule has 1 heterocycles. The van der Waals surface area contributed by atoms with E-state index in [9.17, 15) is 9.59 Å². The van der Waals surface area contributed by atoms with Gasteiger partial charge in [0.2, 0.25) is 6.29 Å². The fourth-order valence-electron chi connectivity index (χ4n) is 4.77. The van der Waals surface area contributed by atoms with Crippen LogP contribution in [-0.4, -0.2) is 43.1 Å². The molecule has 3 rings (SSSR count). The zero-order valence-electron chi connectivity index (χ0n) is 23.8. The van der Waals surface area contributed by atoms with Crippen LogP contribution in [0.5, 0.6) is 0 Å². The molecule has 0 unspecified atom stereocenters. The van der Waals surface area contributed by atoms with Gasteiger partial charge in [-0.15, -0.1) is 0 Å². The average molecular weight is 541 g/mol. The van der Waals surface area contributed by atoms with E-state index in [0.29, 0.717) is 45.3 Å². The van der Waals surface area contributed by atoms with Crippen molar-refractivity contribution < 1.29 is 33.3 Å². The third kappa shape index (κ3) is 9.45. The van der Waals surface area contributed by atoms with E-state index in [-0.39, 0.29) is 30.4 Å². The van der Waals surface area contributed by atoms with Crippen molar-refractivity contribution in [1.29, 1.82) is 0 Å². The summed E-state index contributed by atoms with van der Waals surface area (Å²) in [5, 5.41) is 0. The molecule has 0 aliphatic carbocycles. The number of ether oxygens (including phenoxy) is 5. The Hall–Kier alpha value is -2.74. The number of carbonyl (C=O) groups excluding carboxylic acids is 2. The van der Waals surface area contributed by atoms with Gasteiger partial charge in [0.15, 0.2) is 0 Å². The molecule has 0 amide bonds. The Kier molecular flexibility index (Phi) is 12.9. The number of rotatable bonds is 15. The second kappa shape index (κ2) is 16.4. The number of benzene rings is 2. The number of carbonyl (C=O) groups is 2. The van der Waals surface area contributed by atoms with Crippen molar-refractivity contribution >= 4 is 11.9 Å². The highest BCUT2D eigenvalue weighted by atomic mass is 16.7. The summed E-state index contributed by atoms with van der Waals surface area (Å²) >= 11 is 0. The smallest absolute Gasteiger partial charge is 0.311 e. The summed E-state index contributed by atoms with van der Waals surface area (Å²) in [6.45, 7) is 8.57. The number of hydrogen-bond acceptors (Lipinski definition) is 7. The maximum Gasteiger partial charge on any atom is 0.311 e. The van der Waals surface area contributed by atoms with Crippen LogP contribution >= 0.6 is 0 Å². The standard InChI is InChI=1S/C32H44O7/c1-5-25(6-2)31(33)37-22-28-30(36-21-24-17-13-10-14-18-24)27(35-20-23-15-11-9-12-16-23)19-29(38-28)39-32(34)26(7-3)8-4/h9-18,25-30H,5-8,19-22H2,1-4H3/t27-,28-,29+,30+/m1/s1. The van der Waals surface area contributed by atoms with E-state index in [2.05, 4.69) is 0 Å². The van der Waals surface area contributed by atoms with Crippen LogP contribution in [0.1, 0.15) is 70.9 Å². The molecule has 0 N–H and O–H groups in total. The number of esters is 2. The summed E-state index contributed by atoms with van der Waals surface area (Å²) in [6, 6.07) is 19.7. The first kappa shape index (κ1) is 30.8. The molecule has 1 fully saturated rings. The molecule has 1 saturated heterocycles. The molecule has 7 nitrogen and oxygen atoms in total. The Labute approximate surface area is 233 Å². The lowest BCUT2D eigenvalue weighted by Gasteiger charge is -2.41. The minimum absolute atomic E-state index is 0.0149. The van der Waals surface area contributed by atoms with Gasteiger partial charge in [-0.3, -0.25) is 9.59 Å². The van der Waals surface area contributed by atoms with Gasteiger partial charge in [-0.1, -0.05) is 88.4 Å². The average Bonchev–Trinajstić information content (AvgIpc) is 2.96. The maximum absolute atomic E-state index is 12.8. The van der Waals surface area contributed by atoms with Crippen LogP contribution in [0.15, 0.2) is 60.7 Å². The van der Waals surface area contributed by atoms with Gasteiger partial charge in [0.25, 0.3) is 0 Å². The molecule has 0 spiro atoms. The largest absolute Gasteiger partial charge is 0.463 e. The summed E-state index contributed by atoms with van der Waals surface area (Å²) in [5.41, 5.74) is 2.03. The van der Waals surface area contributed by atoms with Crippen LogP contribution < -0.4 is 0 Å². The Morgan fingerprint density at radius 1 is 0.769 bits per heavy atom. The molecule has 2 aromatic carbocycles. The molecule has 2 aromatic rings. The predicted octanol–water partition coefficient (Wildman–Crippen LogP) is 6.23. The zero-order chi connectivity index (χ0) is 28.0. The van der Waals surface area contributed by atoms with Gasteiger partial charge in [0, 0.05) is 6.42 Å². The summed E-state index contributed by atoms with van der Waals surface area (Å²) in [4.78, 5) is 25.5. The third-order valence-corrected chi connectivity index (χ3v) is 7.35. The molecule has 0 aromatic heterocycles. The van der Waals surface area contributed by atoms with Crippen LogP contribution in [0.3, 0.4) is 0 Å². The normalized spacial score (nSPS) is 21.2. The lowest BCUT2D eigenvalue weighted by Crippen LogP contribution is -2.53. The molecule has 0 saturated carbocycles. The summed E-state index contributed by atoms with van der Waals surface area (Å²) in [7, 11) is 0. The van der Waals surface area contributed by atoms with Gasteiger partial charge in [0.1, 0.15) is 18.8 Å². The van der Waals surface area contributed by atoms with Gasteiger partial charge < -0.3 is 23.7 Å². The van der Waals surface area contributed by atoms with Crippen LogP contribution in [0, 0.1) is 11.8 Å². The highest BCUT2D eigenvalue weighted by Crippen LogP contribution is 2.29. The van der Waals surface area contributed by atoms with Crippen molar-refractivity contribution in [3.05, 3.63) is 71.8 Å². The second-order valence-corrected chi connectivity index (χ2v) is 10.0.